The average Bonchev–Trinajstić information content (AvgIpc) is 2.52. The second-order valence-corrected chi connectivity index (χ2v) is 9.07. The van der Waals surface area contributed by atoms with E-state index in [-0.39, 0.29) is 5.41 Å². The van der Waals surface area contributed by atoms with Gasteiger partial charge in [-0.05, 0) is 66.8 Å². The molecule has 2 aromatic rings. The van der Waals surface area contributed by atoms with E-state index in [4.69, 9.17) is 0 Å². The quantitative estimate of drug-likeness (QED) is 0.820. The van der Waals surface area contributed by atoms with Crippen molar-refractivity contribution in [1.82, 2.24) is 15.1 Å². The van der Waals surface area contributed by atoms with Crippen LogP contribution in [0.4, 0.5) is 0 Å². The summed E-state index contributed by atoms with van der Waals surface area (Å²) in [5.74, 6) is 0. The van der Waals surface area contributed by atoms with Gasteiger partial charge in [-0.2, -0.15) is 0 Å². The molecule has 0 atom stereocenters. The van der Waals surface area contributed by atoms with Crippen LogP contribution in [0.5, 0.6) is 0 Å². The topological polar surface area (TPSA) is 32.8 Å². The first-order chi connectivity index (χ1) is 11.4. The lowest BCUT2D eigenvalue weighted by Gasteiger charge is -2.42. The zero-order valence-corrected chi connectivity index (χ0v) is 15.6. The number of piperidine rings is 1. The van der Waals surface area contributed by atoms with Gasteiger partial charge in [0.2, 0.25) is 0 Å². The molecule has 1 aliphatic heterocycles. The largest absolute Gasteiger partial charge is 0.317 e. The Kier molecular flexibility index (Phi) is 3.68. The van der Waals surface area contributed by atoms with Crippen LogP contribution in [0.3, 0.4) is 0 Å². The van der Waals surface area contributed by atoms with Crippen LogP contribution in [-0.4, -0.2) is 22.9 Å². The van der Waals surface area contributed by atoms with E-state index in [1.165, 1.54) is 42.5 Å². The van der Waals surface area contributed by atoms with Crippen molar-refractivity contribution in [1.29, 1.82) is 0 Å². The lowest BCUT2D eigenvalue weighted by atomic mass is 9.63. The molecule has 0 radical (unpaired) electrons. The number of hydrogen-bond donors (Lipinski definition) is 2. The summed E-state index contributed by atoms with van der Waals surface area (Å²) in [6, 6.07) is 7.76. The van der Waals surface area contributed by atoms with E-state index in [1.54, 1.807) is 5.56 Å². The fraction of sp³-hybridized carbons (Fsp3) is 0.619. The van der Waals surface area contributed by atoms with Crippen molar-refractivity contribution in [3.8, 4) is 11.3 Å². The van der Waals surface area contributed by atoms with Crippen LogP contribution in [0.1, 0.15) is 70.5 Å². The number of nitrogens with zero attached hydrogens (tertiary/aromatic N) is 1. The minimum atomic E-state index is 0.278. The number of fused-ring (bicyclic) bond motifs is 1. The van der Waals surface area contributed by atoms with Gasteiger partial charge in [0.05, 0.1) is 11.7 Å². The monoisotopic (exact) mass is 325 g/mol. The lowest BCUT2D eigenvalue weighted by Crippen LogP contribution is -2.34. The minimum Gasteiger partial charge on any atom is -0.317 e. The summed E-state index contributed by atoms with van der Waals surface area (Å²) in [5.41, 5.74) is 6.27. The lowest BCUT2D eigenvalue weighted by molar-refractivity contribution is 0.329. The van der Waals surface area contributed by atoms with Crippen LogP contribution in [-0.2, 0) is 10.8 Å². The van der Waals surface area contributed by atoms with Gasteiger partial charge in [-0.1, -0.05) is 39.8 Å². The van der Waals surface area contributed by atoms with Crippen LogP contribution in [0, 0.1) is 0 Å². The van der Waals surface area contributed by atoms with Crippen molar-refractivity contribution in [2.24, 2.45) is 0 Å². The number of aromatic amines is 1. The Bertz CT molecular complexity index is 714. The fourth-order valence-electron chi connectivity index (χ4n) is 4.45. The van der Waals surface area contributed by atoms with Crippen molar-refractivity contribution in [3.05, 3.63) is 35.5 Å². The first kappa shape index (κ1) is 16.0. The molecule has 0 spiro atoms. The van der Waals surface area contributed by atoms with E-state index in [1.807, 2.05) is 0 Å². The van der Waals surface area contributed by atoms with Crippen molar-refractivity contribution in [2.75, 3.05) is 13.1 Å². The molecule has 24 heavy (non-hydrogen) atoms. The van der Waals surface area contributed by atoms with Crippen LogP contribution in [0.2, 0.25) is 0 Å². The van der Waals surface area contributed by atoms with E-state index >= 15 is 0 Å². The van der Waals surface area contributed by atoms with Crippen LogP contribution >= 0.6 is 0 Å². The van der Waals surface area contributed by atoms with Gasteiger partial charge >= 0.3 is 0 Å². The maximum Gasteiger partial charge on any atom is 0.0792 e. The summed E-state index contributed by atoms with van der Waals surface area (Å²) in [5, 5.41) is 7.02. The van der Waals surface area contributed by atoms with Gasteiger partial charge in [0.15, 0.2) is 0 Å². The number of aromatic nitrogens is 2. The highest BCUT2D eigenvalue weighted by atomic mass is 15.3. The van der Waals surface area contributed by atoms with E-state index in [0.29, 0.717) is 11.5 Å². The molecule has 0 bridgehead atoms. The summed E-state index contributed by atoms with van der Waals surface area (Å²) in [7, 11) is 0. The highest BCUT2D eigenvalue weighted by molar-refractivity contribution is 5.63. The third-order valence-corrected chi connectivity index (χ3v) is 6.38. The third-order valence-electron chi connectivity index (χ3n) is 6.38. The Labute approximate surface area is 145 Å². The van der Waals surface area contributed by atoms with E-state index < -0.39 is 0 Å². The molecule has 2 N–H and O–H groups in total. The summed E-state index contributed by atoms with van der Waals surface area (Å²) in [6.45, 7) is 11.8. The van der Waals surface area contributed by atoms with E-state index in [2.05, 4.69) is 67.2 Å². The summed E-state index contributed by atoms with van der Waals surface area (Å²) >= 11 is 0. The normalized spacial score (nSPS) is 23.2. The number of nitrogens with one attached hydrogen (secondary N) is 2. The maximum atomic E-state index is 3.59. The van der Waals surface area contributed by atoms with Crippen LogP contribution in [0.25, 0.3) is 11.3 Å². The van der Waals surface area contributed by atoms with Gasteiger partial charge in [0.25, 0.3) is 0 Å². The van der Waals surface area contributed by atoms with Crippen LogP contribution in [0.15, 0.2) is 24.4 Å². The maximum absolute atomic E-state index is 3.59. The molecule has 0 saturated carbocycles. The van der Waals surface area contributed by atoms with Crippen molar-refractivity contribution in [3.63, 3.8) is 0 Å². The molecule has 1 aromatic heterocycles. The SMILES string of the molecule is CC1(C)CCC(C)(C)c2cc(-c3cn(C4CCNCC4)[nH]3)ccc21. The molecule has 0 amide bonds. The number of hydrogen-bond acceptors (Lipinski definition) is 1. The number of benzene rings is 1. The molecule has 3 nitrogen and oxygen atoms in total. The Balaban J connectivity index is 1.63. The van der Waals surface area contributed by atoms with Gasteiger partial charge in [-0.3, -0.25) is 9.78 Å². The molecule has 4 rings (SSSR count). The molecule has 2 aliphatic rings. The molecular weight excluding hydrogens is 294 g/mol. The van der Waals surface area contributed by atoms with Gasteiger partial charge in [0.1, 0.15) is 0 Å². The van der Waals surface area contributed by atoms with Crippen molar-refractivity contribution < 1.29 is 0 Å². The fourth-order valence-corrected chi connectivity index (χ4v) is 4.45. The Morgan fingerprint density at radius 1 is 0.958 bits per heavy atom. The second-order valence-electron chi connectivity index (χ2n) is 9.07. The highest BCUT2D eigenvalue weighted by Gasteiger charge is 2.37. The Morgan fingerprint density at radius 2 is 1.58 bits per heavy atom. The zero-order valence-electron chi connectivity index (χ0n) is 15.6. The predicted octanol–water partition coefficient (Wildman–Crippen LogP) is 4.76. The zero-order chi connectivity index (χ0) is 16.9. The Morgan fingerprint density at radius 3 is 2.25 bits per heavy atom. The van der Waals surface area contributed by atoms with Crippen LogP contribution < -0.4 is 5.32 Å². The van der Waals surface area contributed by atoms with E-state index in [9.17, 15) is 0 Å². The summed E-state index contributed by atoms with van der Waals surface area (Å²) in [6.07, 6.45) is 7.30. The van der Waals surface area contributed by atoms with Crippen molar-refractivity contribution in [2.45, 2.75) is 70.3 Å². The first-order valence-corrected chi connectivity index (χ1v) is 9.50. The molecule has 1 aromatic carbocycles. The average molecular weight is 326 g/mol. The third kappa shape index (κ3) is 2.63. The standard InChI is InChI=1S/C21H31N3/c1-20(2)9-10-21(3,4)18-13-15(5-6-17(18)20)19-14-24(23-19)16-7-11-22-12-8-16/h5-6,13-14,16,22-23H,7-12H2,1-4H3. The number of H-pyrrole nitrogens is 1. The van der Waals surface area contributed by atoms with Crippen molar-refractivity contribution >= 4 is 0 Å². The molecular formula is C21H31N3. The summed E-state index contributed by atoms with van der Waals surface area (Å²) in [4.78, 5) is 0. The molecule has 2 heterocycles. The molecule has 1 fully saturated rings. The number of rotatable bonds is 2. The predicted molar refractivity (Wildman–Crippen MR) is 101 cm³/mol. The second kappa shape index (κ2) is 5.52. The molecule has 1 aliphatic carbocycles. The highest BCUT2D eigenvalue weighted by Crippen LogP contribution is 2.46. The van der Waals surface area contributed by atoms with Gasteiger partial charge in [-0.25, -0.2) is 0 Å². The molecule has 1 saturated heterocycles. The van der Waals surface area contributed by atoms with Gasteiger partial charge in [-0.15, -0.1) is 0 Å². The molecule has 130 valence electrons. The van der Waals surface area contributed by atoms with Gasteiger partial charge in [0, 0.05) is 11.8 Å². The van der Waals surface area contributed by atoms with Gasteiger partial charge < -0.3 is 5.32 Å². The summed E-state index contributed by atoms with van der Waals surface area (Å²) < 4.78 is 2.31. The smallest absolute Gasteiger partial charge is 0.0792 e. The Hall–Kier alpha value is -1.48. The van der Waals surface area contributed by atoms with E-state index in [0.717, 1.165) is 13.1 Å². The molecule has 0 unspecified atom stereocenters. The minimum absolute atomic E-state index is 0.278. The molecule has 3 heteroatoms. The first-order valence-electron chi connectivity index (χ1n) is 9.50.